The highest BCUT2D eigenvalue weighted by atomic mass is 79.9. The predicted molar refractivity (Wildman–Crippen MR) is 69.6 cm³/mol. The summed E-state index contributed by atoms with van der Waals surface area (Å²) < 4.78 is 19.6. The number of nitriles is 1. The molecule has 0 saturated carbocycles. The molecule has 0 heterocycles. The maximum atomic E-state index is 13.7. The molecule has 0 aliphatic rings. The molecule has 0 aliphatic carbocycles. The van der Waals surface area contributed by atoms with Crippen LogP contribution in [0.3, 0.4) is 0 Å². The second-order valence-corrected chi connectivity index (χ2v) is 4.57. The summed E-state index contributed by atoms with van der Waals surface area (Å²) in [5.41, 5.74) is 1.10. The van der Waals surface area contributed by atoms with Gasteiger partial charge < -0.3 is 4.74 Å². The summed E-state index contributed by atoms with van der Waals surface area (Å²) in [6, 6.07) is 14.1. The summed E-state index contributed by atoms with van der Waals surface area (Å²) in [4.78, 5) is 0. The molecule has 0 atom stereocenters. The van der Waals surface area contributed by atoms with Crippen molar-refractivity contribution in [2.24, 2.45) is 0 Å². The molecule has 0 unspecified atom stereocenters. The van der Waals surface area contributed by atoms with E-state index in [4.69, 9.17) is 10.00 Å². The van der Waals surface area contributed by atoms with Gasteiger partial charge in [0.05, 0.1) is 5.56 Å². The summed E-state index contributed by atoms with van der Waals surface area (Å²) >= 11 is 3.14. The van der Waals surface area contributed by atoms with Crippen molar-refractivity contribution >= 4 is 15.9 Å². The molecule has 0 aliphatic heterocycles. The molecule has 0 aromatic heterocycles. The summed E-state index contributed by atoms with van der Waals surface area (Å²) in [7, 11) is 0. The zero-order valence-corrected chi connectivity index (χ0v) is 10.9. The highest BCUT2D eigenvalue weighted by Gasteiger charge is 2.11. The van der Waals surface area contributed by atoms with Crippen LogP contribution < -0.4 is 4.74 Å². The smallest absolute Gasteiger partial charge is 0.173 e. The van der Waals surface area contributed by atoms with E-state index in [0.717, 1.165) is 5.56 Å². The van der Waals surface area contributed by atoms with E-state index in [1.165, 1.54) is 12.1 Å². The van der Waals surface area contributed by atoms with Crippen LogP contribution in [0.1, 0.15) is 11.1 Å². The first-order valence-electron chi connectivity index (χ1n) is 5.26. The van der Waals surface area contributed by atoms with Gasteiger partial charge in [-0.15, -0.1) is 0 Å². The summed E-state index contributed by atoms with van der Waals surface area (Å²) in [6.45, 7) is 0.230. The Balaban J connectivity index is 2.22. The van der Waals surface area contributed by atoms with Crippen molar-refractivity contribution in [2.45, 2.75) is 6.61 Å². The molecule has 90 valence electrons. The molecule has 2 nitrogen and oxygen atoms in total. The third-order valence-electron chi connectivity index (χ3n) is 2.35. The number of rotatable bonds is 3. The largest absolute Gasteiger partial charge is 0.484 e. The Kier molecular flexibility index (Phi) is 3.96. The molecule has 0 spiro atoms. The lowest BCUT2D eigenvalue weighted by Crippen LogP contribution is -1.99. The lowest BCUT2D eigenvalue weighted by molar-refractivity contribution is 0.289. The van der Waals surface area contributed by atoms with Crippen LogP contribution in [0, 0.1) is 17.1 Å². The zero-order chi connectivity index (χ0) is 13.0. The van der Waals surface area contributed by atoms with E-state index >= 15 is 0 Å². The fourth-order valence-corrected chi connectivity index (χ4v) is 1.95. The number of benzene rings is 2. The van der Waals surface area contributed by atoms with Gasteiger partial charge in [0.2, 0.25) is 0 Å². The molecule has 4 heteroatoms. The van der Waals surface area contributed by atoms with Gasteiger partial charge in [0, 0.05) is 4.47 Å². The lowest BCUT2D eigenvalue weighted by Gasteiger charge is -2.09. The Morgan fingerprint density at radius 1 is 1.22 bits per heavy atom. The SMILES string of the molecule is N#Cc1cc(Br)cc(F)c1OCc1ccccc1. The third-order valence-corrected chi connectivity index (χ3v) is 2.81. The van der Waals surface area contributed by atoms with Crippen molar-refractivity contribution < 1.29 is 9.13 Å². The minimum absolute atomic E-state index is 0.00967. The first-order chi connectivity index (χ1) is 8.70. The standard InChI is InChI=1S/C14H9BrFNO/c15-12-6-11(8-17)14(13(16)7-12)18-9-10-4-2-1-3-5-10/h1-7H,9H2. The molecule has 0 N–H and O–H groups in total. The van der Waals surface area contributed by atoms with Crippen molar-refractivity contribution in [1.29, 1.82) is 5.26 Å². The highest BCUT2D eigenvalue weighted by Crippen LogP contribution is 2.27. The molecule has 0 bridgehead atoms. The topological polar surface area (TPSA) is 33.0 Å². The quantitative estimate of drug-likeness (QED) is 0.857. The van der Waals surface area contributed by atoms with Gasteiger partial charge in [-0.1, -0.05) is 46.3 Å². The first kappa shape index (κ1) is 12.6. The second-order valence-electron chi connectivity index (χ2n) is 3.65. The van der Waals surface area contributed by atoms with E-state index < -0.39 is 5.82 Å². The number of hydrogen-bond acceptors (Lipinski definition) is 2. The zero-order valence-electron chi connectivity index (χ0n) is 9.36. The molecular weight excluding hydrogens is 297 g/mol. The van der Waals surface area contributed by atoms with Crippen LogP contribution in [0.4, 0.5) is 4.39 Å². The number of halogens is 2. The van der Waals surface area contributed by atoms with Gasteiger partial charge in [-0.25, -0.2) is 4.39 Å². The summed E-state index contributed by atoms with van der Waals surface area (Å²) in [6.07, 6.45) is 0. The Bertz CT molecular complexity index is 593. The minimum atomic E-state index is -0.545. The molecule has 0 saturated heterocycles. The Morgan fingerprint density at radius 2 is 1.94 bits per heavy atom. The highest BCUT2D eigenvalue weighted by molar-refractivity contribution is 9.10. The summed E-state index contributed by atoms with van der Waals surface area (Å²) in [5, 5.41) is 8.95. The Labute approximate surface area is 113 Å². The average molecular weight is 306 g/mol. The third kappa shape index (κ3) is 2.88. The lowest BCUT2D eigenvalue weighted by atomic mass is 10.2. The molecule has 18 heavy (non-hydrogen) atoms. The molecule has 0 fully saturated rings. The van der Waals surface area contributed by atoms with Crippen molar-refractivity contribution in [3.05, 3.63) is 63.9 Å². The number of hydrogen-bond donors (Lipinski definition) is 0. The van der Waals surface area contributed by atoms with Crippen molar-refractivity contribution in [1.82, 2.24) is 0 Å². The van der Waals surface area contributed by atoms with E-state index in [1.807, 2.05) is 36.4 Å². The fraction of sp³-hybridized carbons (Fsp3) is 0.0714. The van der Waals surface area contributed by atoms with E-state index in [-0.39, 0.29) is 17.9 Å². The average Bonchev–Trinajstić information content (AvgIpc) is 2.38. The van der Waals surface area contributed by atoms with Gasteiger partial charge in [0.15, 0.2) is 11.6 Å². The predicted octanol–water partition coefficient (Wildman–Crippen LogP) is 4.04. The Morgan fingerprint density at radius 3 is 2.61 bits per heavy atom. The summed E-state index contributed by atoms with van der Waals surface area (Å²) in [5.74, 6) is -0.554. The molecule has 2 aromatic rings. The molecule has 2 rings (SSSR count). The maximum absolute atomic E-state index is 13.7. The minimum Gasteiger partial charge on any atom is -0.484 e. The Hall–Kier alpha value is -1.86. The fourth-order valence-electron chi connectivity index (χ4n) is 1.52. The normalized spacial score (nSPS) is 9.83. The van der Waals surface area contributed by atoms with Crippen LogP contribution in [0.2, 0.25) is 0 Å². The van der Waals surface area contributed by atoms with Crippen molar-refractivity contribution in [3.63, 3.8) is 0 Å². The monoisotopic (exact) mass is 305 g/mol. The molecule has 2 aromatic carbocycles. The van der Waals surface area contributed by atoms with Gasteiger partial charge >= 0.3 is 0 Å². The molecule has 0 radical (unpaired) electrons. The van der Waals surface area contributed by atoms with E-state index in [2.05, 4.69) is 15.9 Å². The molecule has 0 amide bonds. The second kappa shape index (κ2) is 5.65. The van der Waals surface area contributed by atoms with Gasteiger partial charge in [0.1, 0.15) is 12.7 Å². The van der Waals surface area contributed by atoms with Crippen LogP contribution in [-0.2, 0) is 6.61 Å². The van der Waals surface area contributed by atoms with Crippen molar-refractivity contribution in [2.75, 3.05) is 0 Å². The van der Waals surface area contributed by atoms with Crippen LogP contribution in [0.15, 0.2) is 46.9 Å². The molecular formula is C14H9BrFNO. The van der Waals surface area contributed by atoms with Crippen LogP contribution >= 0.6 is 15.9 Å². The number of ether oxygens (including phenoxy) is 1. The van der Waals surface area contributed by atoms with Gasteiger partial charge in [-0.3, -0.25) is 0 Å². The van der Waals surface area contributed by atoms with Crippen molar-refractivity contribution in [3.8, 4) is 11.8 Å². The van der Waals surface area contributed by atoms with E-state index in [1.54, 1.807) is 0 Å². The van der Waals surface area contributed by atoms with E-state index in [0.29, 0.717) is 4.47 Å². The van der Waals surface area contributed by atoms with Gasteiger partial charge in [-0.2, -0.15) is 5.26 Å². The van der Waals surface area contributed by atoms with Gasteiger partial charge in [0.25, 0.3) is 0 Å². The van der Waals surface area contributed by atoms with Crippen LogP contribution in [0.5, 0.6) is 5.75 Å². The maximum Gasteiger partial charge on any atom is 0.173 e. The van der Waals surface area contributed by atoms with Gasteiger partial charge in [-0.05, 0) is 17.7 Å². The first-order valence-corrected chi connectivity index (χ1v) is 6.06. The van der Waals surface area contributed by atoms with Crippen LogP contribution in [-0.4, -0.2) is 0 Å². The van der Waals surface area contributed by atoms with E-state index in [9.17, 15) is 4.39 Å². The number of nitrogens with zero attached hydrogens (tertiary/aromatic N) is 1. The van der Waals surface area contributed by atoms with Crippen LogP contribution in [0.25, 0.3) is 0 Å².